The van der Waals surface area contributed by atoms with Crippen molar-refractivity contribution < 1.29 is 9.72 Å². The van der Waals surface area contributed by atoms with Crippen molar-refractivity contribution in [3.05, 3.63) is 62.7 Å². The summed E-state index contributed by atoms with van der Waals surface area (Å²) in [4.78, 5) is 23.6. The molecule has 0 aliphatic rings. The van der Waals surface area contributed by atoms with Gasteiger partial charge in [-0.2, -0.15) is 0 Å². The van der Waals surface area contributed by atoms with Gasteiger partial charge in [-0.1, -0.05) is 29.3 Å². The summed E-state index contributed by atoms with van der Waals surface area (Å²) in [6.45, 7) is 5.83. The van der Waals surface area contributed by atoms with E-state index < -0.39 is 4.92 Å². The number of nitro groups is 1. The average molecular weight is 365 g/mol. The fourth-order valence-electron chi connectivity index (χ4n) is 2.13. The number of nitrogens with zero attached hydrogens (tertiary/aromatic N) is 1. The van der Waals surface area contributed by atoms with Crippen LogP contribution in [0.3, 0.4) is 0 Å². The van der Waals surface area contributed by atoms with E-state index in [9.17, 15) is 14.9 Å². The number of amides is 1. The zero-order valence-corrected chi connectivity index (χ0v) is 15.1. The van der Waals surface area contributed by atoms with Crippen LogP contribution in [0.5, 0.6) is 0 Å². The molecular weight excluding hydrogens is 348 g/mol. The van der Waals surface area contributed by atoms with E-state index in [2.05, 4.69) is 11.4 Å². The van der Waals surface area contributed by atoms with E-state index in [1.54, 1.807) is 6.92 Å². The Morgan fingerprint density at radius 3 is 2.54 bits per heavy atom. The summed E-state index contributed by atoms with van der Waals surface area (Å²) in [5, 5.41) is 13.2. The SMILES string of the molecule is Cc1ccc(SC(C)C(=O)Nc2ccc([N+](=O)[O-])cc2Cl)c(C)c1. The van der Waals surface area contributed by atoms with Crippen LogP contribution in [0, 0.1) is 24.0 Å². The van der Waals surface area contributed by atoms with E-state index in [4.69, 9.17) is 11.6 Å². The number of non-ortho nitro benzene ring substituents is 1. The summed E-state index contributed by atoms with van der Waals surface area (Å²) < 4.78 is 0. The molecule has 7 heteroatoms. The lowest BCUT2D eigenvalue weighted by molar-refractivity contribution is -0.384. The lowest BCUT2D eigenvalue weighted by atomic mass is 10.2. The molecule has 0 saturated heterocycles. The van der Waals surface area contributed by atoms with E-state index in [1.807, 2.05) is 26.0 Å². The molecule has 0 aliphatic carbocycles. The number of halogens is 1. The Kier molecular flexibility index (Phi) is 5.85. The largest absolute Gasteiger partial charge is 0.324 e. The molecular formula is C17H17ClN2O3S. The van der Waals surface area contributed by atoms with E-state index in [0.717, 1.165) is 10.5 Å². The zero-order chi connectivity index (χ0) is 17.9. The third kappa shape index (κ3) is 4.49. The Bertz CT molecular complexity index is 795. The lowest BCUT2D eigenvalue weighted by Crippen LogP contribution is -2.22. The number of benzene rings is 2. The predicted molar refractivity (Wildman–Crippen MR) is 98.0 cm³/mol. The molecule has 1 atom stereocenters. The molecule has 2 rings (SSSR count). The van der Waals surface area contributed by atoms with Gasteiger partial charge in [0.15, 0.2) is 0 Å². The summed E-state index contributed by atoms with van der Waals surface area (Å²) in [6.07, 6.45) is 0. The molecule has 2 aromatic rings. The highest BCUT2D eigenvalue weighted by atomic mass is 35.5. The molecule has 24 heavy (non-hydrogen) atoms. The first-order valence-corrected chi connectivity index (χ1v) is 8.52. The third-order valence-corrected chi connectivity index (χ3v) is 5.02. The van der Waals surface area contributed by atoms with Gasteiger partial charge >= 0.3 is 0 Å². The Balaban J connectivity index is 2.07. The first kappa shape index (κ1) is 18.3. The van der Waals surface area contributed by atoms with Gasteiger partial charge in [0, 0.05) is 17.0 Å². The van der Waals surface area contributed by atoms with Crippen LogP contribution in [0.4, 0.5) is 11.4 Å². The normalized spacial score (nSPS) is 11.8. The number of aryl methyl sites for hydroxylation is 2. The quantitative estimate of drug-likeness (QED) is 0.461. The fraction of sp³-hybridized carbons (Fsp3) is 0.235. The van der Waals surface area contributed by atoms with Crippen molar-refractivity contribution in [2.45, 2.75) is 30.9 Å². The van der Waals surface area contributed by atoms with Crippen LogP contribution in [-0.4, -0.2) is 16.1 Å². The van der Waals surface area contributed by atoms with Gasteiger partial charge in [0.2, 0.25) is 5.91 Å². The van der Waals surface area contributed by atoms with Crippen molar-refractivity contribution >= 4 is 40.6 Å². The maximum Gasteiger partial charge on any atom is 0.271 e. The molecule has 1 unspecified atom stereocenters. The van der Waals surface area contributed by atoms with Crippen LogP contribution in [0.2, 0.25) is 5.02 Å². The number of rotatable bonds is 5. The number of carbonyl (C=O) groups excluding carboxylic acids is 1. The number of nitro benzene ring substituents is 1. The highest BCUT2D eigenvalue weighted by molar-refractivity contribution is 8.00. The number of nitrogens with one attached hydrogen (secondary N) is 1. The first-order valence-electron chi connectivity index (χ1n) is 7.26. The van der Waals surface area contributed by atoms with Gasteiger partial charge in [-0.05, 0) is 38.5 Å². The minimum Gasteiger partial charge on any atom is -0.324 e. The minimum atomic E-state index is -0.532. The average Bonchev–Trinajstić information content (AvgIpc) is 2.51. The van der Waals surface area contributed by atoms with Crippen LogP contribution in [0.15, 0.2) is 41.3 Å². The number of anilines is 1. The second-order valence-electron chi connectivity index (χ2n) is 5.44. The Labute approximate surface area is 149 Å². The van der Waals surface area contributed by atoms with E-state index in [1.165, 1.54) is 35.5 Å². The monoisotopic (exact) mass is 364 g/mol. The van der Waals surface area contributed by atoms with Gasteiger partial charge in [-0.15, -0.1) is 11.8 Å². The van der Waals surface area contributed by atoms with Crippen LogP contribution in [-0.2, 0) is 4.79 Å². The standard InChI is InChI=1S/C17H17ClN2O3S/c1-10-4-7-16(11(2)8-10)24-12(3)17(21)19-15-6-5-13(20(22)23)9-14(15)18/h4-9,12H,1-3H3,(H,19,21). The van der Waals surface area contributed by atoms with Gasteiger partial charge in [-0.3, -0.25) is 14.9 Å². The third-order valence-electron chi connectivity index (χ3n) is 3.42. The van der Waals surface area contributed by atoms with Crippen molar-refractivity contribution in [1.29, 1.82) is 0 Å². The number of hydrogen-bond acceptors (Lipinski definition) is 4. The molecule has 0 saturated carbocycles. The minimum absolute atomic E-state index is 0.115. The van der Waals surface area contributed by atoms with Gasteiger partial charge in [-0.25, -0.2) is 0 Å². The Morgan fingerprint density at radius 1 is 1.25 bits per heavy atom. The van der Waals surface area contributed by atoms with Crippen LogP contribution in [0.25, 0.3) is 0 Å². The van der Waals surface area contributed by atoms with Crippen molar-refractivity contribution in [3.8, 4) is 0 Å². The second kappa shape index (κ2) is 7.68. The summed E-state index contributed by atoms with van der Waals surface area (Å²) in [5.41, 5.74) is 2.54. The molecule has 0 aliphatic heterocycles. The molecule has 1 N–H and O–H groups in total. The highest BCUT2D eigenvalue weighted by Crippen LogP contribution is 2.30. The van der Waals surface area contributed by atoms with Crippen LogP contribution >= 0.6 is 23.4 Å². The predicted octanol–water partition coefficient (Wildman–Crippen LogP) is 4.98. The molecule has 0 spiro atoms. The molecule has 5 nitrogen and oxygen atoms in total. The second-order valence-corrected chi connectivity index (χ2v) is 7.23. The smallest absolute Gasteiger partial charge is 0.271 e. The van der Waals surface area contributed by atoms with Crippen molar-refractivity contribution in [2.24, 2.45) is 0 Å². The van der Waals surface area contributed by atoms with Crippen molar-refractivity contribution in [1.82, 2.24) is 0 Å². The Hall–Kier alpha value is -2.05. The van der Waals surface area contributed by atoms with Crippen molar-refractivity contribution in [3.63, 3.8) is 0 Å². The summed E-state index contributed by atoms with van der Waals surface area (Å²) in [6, 6.07) is 10.0. The zero-order valence-electron chi connectivity index (χ0n) is 13.5. The summed E-state index contributed by atoms with van der Waals surface area (Å²) in [7, 11) is 0. The number of thioether (sulfide) groups is 1. The molecule has 0 aromatic heterocycles. The first-order chi connectivity index (χ1) is 11.3. The maximum atomic E-state index is 12.3. The summed E-state index contributed by atoms with van der Waals surface area (Å²) in [5.74, 6) is -0.212. The van der Waals surface area contributed by atoms with Crippen LogP contribution in [0.1, 0.15) is 18.1 Å². The topological polar surface area (TPSA) is 72.2 Å². The molecule has 2 aromatic carbocycles. The maximum absolute atomic E-state index is 12.3. The van der Waals surface area contributed by atoms with E-state index >= 15 is 0 Å². The molecule has 0 fully saturated rings. The van der Waals surface area contributed by atoms with Crippen molar-refractivity contribution in [2.75, 3.05) is 5.32 Å². The van der Waals surface area contributed by atoms with Gasteiger partial charge in [0.25, 0.3) is 5.69 Å². The highest BCUT2D eigenvalue weighted by Gasteiger charge is 2.18. The molecule has 0 radical (unpaired) electrons. The molecule has 1 amide bonds. The van der Waals surface area contributed by atoms with Crippen LogP contribution < -0.4 is 5.32 Å². The molecule has 126 valence electrons. The number of hydrogen-bond donors (Lipinski definition) is 1. The summed E-state index contributed by atoms with van der Waals surface area (Å²) >= 11 is 7.46. The fourth-order valence-corrected chi connectivity index (χ4v) is 3.29. The van der Waals surface area contributed by atoms with Gasteiger partial charge in [0.1, 0.15) is 0 Å². The molecule has 0 heterocycles. The lowest BCUT2D eigenvalue weighted by Gasteiger charge is -2.14. The van der Waals surface area contributed by atoms with Gasteiger partial charge in [0.05, 0.1) is 20.9 Å². The molecule has 0 bridgehead atoms. The van der Waals surface area contributed by atoms with E-state index in [0.29, 0.717) is 5.69 Å². The Morgan fingerprint density at radius 2 is 1.96 bits per heavy atom. The van der Waals surface area contributed by atoms with Gasteiger partial charge < -0.3 is 5.32 Å². The van der Waals surface area contributed by atoms with E-state index in [-0.39, 0.29) is 21.9 Å². The number of carbonyl (C=O) groups is 1.